The molecule has 1 heterocycles. The summed E-state index contributed by atoms with van der Waals surface area (Å²) in [7, 11) is 0. The van der Waals surface area contributed by atoms with Gasteiger partial charge >= 0.3 is 0 Å². The maximum atomic E-state index is 12.8. The highest BCUT2D eigenvalue weighted by molar-refractivity contribution is 7.98. The number of hydrogen-bond acceptors (Lipinski definition) is 5. The number of carbonyl (C=O) groups is 2. The fourth-order valence-electron chi connectivity index (χ4n) is 5.06. The number of nitrogens with zero attached hydrogens (tertiary/aromatic N) is 2. The smallest absolute Gasteiger partial charge is 0.251 e. The van der Waals surface area contributed by atoms with E-state index in [-0.39, 0.29) is 17.8 Å². The predicted octanol–water partition coefficient (Wildman–Crippen LogP) is 7.29. The first-order valence-electron chi connectivity index (χ1n) is 14.4. The monoisotopic (exact) mass is 567 g/mol. The van der Waals surface area contributed by atoms with E-state index in [1.807, 2.05) is 65.4 Å². The van der Waals surface area contributed by atoms with Crippen LogP contribution in [0.3, 0.4) is 0 Å². The van der Waals surface area contributed by atoms with Gasteiger partial charge in [0.1, 0.15) is 11.9 Å². The Morgan fingerprint density at radius 2 is 1.95 bits per heavy atom. The second kappa shape index (κ2) is 13.7. The molecule has 5 rings (SSSR count). The molecule has 0 radical (unpaired) electrons. The van der Waals surface area contributed by atoms with Gasteiger partial charge in [0.2, 0.25) is 0 Å². The molecular formula is C34H37N3O3S. The molecular weight excluding hydrogens is 530 g/mol. The SMILES string of the molecule is CC[C@H](C)CNC(=O)c1cccc(SCc2c(O[C@H](Cn3ccnc3)c3ccccc3)ccc3c2CCCC3=O)c1. The molecule has 0 unspecified atom stereocenters. The molecule has 0 saturated heterocycles. The maximum Gasteiger partial charge on any atom is 0.251 e. The van der Waals surface area contributed by atoms with Gasteiger partial charge in [-0.2, -0.15) is 0 Å². The van der Waals surface area contributed by atoms with Crippen molar-refractivity contribution >= 4 is 23.5 Å². The van der Waals surface area contributed by atoms with E-state index < -0.39 is 0 Å². The van der Waals surface area contributed by atoms with Crippen LogP contribution in [0.5, 0.6) is 5.75 Å². The number of thioether (sulfide) groups is 1. The summed E-state index contributed by atoms with van der Waals surface area (Å²) in [6, 6.07) is 21.9. The number of amides is 1. The quantitative estimate of drug-likeness (QED) is 0.182. The van der Waals surface area contributed by atoms with Crippen molar-refractivity contribution in [2.24, 2.45) is 5.92 Å². The fraction of sp³-hybridized carbons (Fsp3) is 0.324. The van der Waals surface area contributed by atoms with Crippen molar-refractivity contribution in [3.8, 4) is 5.75 Å². The van der Waals surface area contributed by atoms with Crippen LogP contribution in [0.1, 0.15) is 76.6 Å². The van der Waals surface area contributed by atoms with E-state index in [0.29, 0.717) is 36.7 Å². The zero-order valence-corrected chi connectivity index (χ0v) is 24.5. The number of nitrogens with one attached hydrogen (secondary N) is 1. The second-order valence-electron chi connectivity index (χ2n) is 10.7. The van der Waals surface area contributed by atoms with Gasteiger partial charge in [0.25, 0.3) is 5.91 Å². The molecule has 0 saturated carbocycles. The molecule has 212 valence electrons. The first-order valence-corrected chi connectivity index (χ1v) is 15.4. The molecule has 4 aromatic rings. The Morgan fingerprint density at radius 3 is 2.73 bits per heavy atom. The third kappa shape index (κ3) is 7.27. The standard InChI is InChI=1S/C34H37N3O3S/c1-3-24(2)20-36-34(39)26-11-7-12-27(19-26)41-22-30-28-13-8-14-31(38)29(28)15-16-32(30)40-33(21-37-18-17-35-23-37)25-9-5-4-6-10-25/h4-7,9-12,15-19,23-24,33H,3,8,13-14,20-22H2,1-2H3,(H,36,39)/t24-,33+/m0/s1. The lowest BCUT2D eigenvalue weighted by Crippen LogP contribution is -2.28. The molecule has 1 aromatic heterocycles. The van der Waals surface area contributed by atoms with E-state index in [9.17, 15) is 9.59 Å². The molecule has 0 aliphatic heterocycles. The Morgan fingerprint density at radius 1 is 1.10 bits per heavy atom. The molecule has 1 aliphatic carbocycles. The third-order valence-corrected chi connectivity index (χ3v) is 8.70. The minimum atomic E-state index is -0.232. The van der Waals surface area contributed by atoms with Crippen LogP contribution in [-0.2, 0) is 18.7 Å². The minimum Gasteiger partial charge on any atom is -0.484 e. The van der Waals surface area contributed by atoms with Gasteiger partial charge in [-0.15, -0.1) is 11.8 Å². The highest BCUT2D eigenvalue weighted by Crippen LogP contribution is 2.38. The summed E-state index contributed by atoms with van der Waals surface area (Å²) in [5, 5.41) is 3.05. The number of ketones is 1. The summed E-state index contributed by atoms with van der Waals surface area (Å²) in [6.07, 6.45) is 8.58. The third-order valence-electron chi connectivity index (χ3n) is 7.68. The largest absolute Gasteiger partial charge is 0.484 e. The highest BCUT2D eigenvalue weighted by atomic mass is 32.2. The summed E-state index contributed by atoms with van der Waals surface area (Å²) in [6.45, 7) is 5.54. The van der Waals surface area contributed by atoms with Crippen LogP contribution in [0.15, 0.2) is 90.3 Å². The Balaban J connectivity index is 1.41. The van der Waals surface area contributed by atoms with Crippen molar-refractivity contribution in [1.29, 1.82) is 0 Å². The highest BCUT2D eigenvalue weighted by Gasteiger charge is 2.25. The average Bonchev–Trinajstić information content (AvgIpc) is 3.52. The molecule has 1 aliphatic rings. The van der Waals surface area contributed by atoms with Gasteiger partial charge in [-0.1, -0.05) is 56.7 Å². The average molecular weight is 568 g/mol. The Kier molecular flexibility index (Phi) is 9.57. The molecule has 1 N–H and O–H groups in total. The van der Waals surface area contributed by atoms with E-state index in [1.165, 1.54) is 0 Å². The maximum absolute atomic E-state index is 12.8. The van der Waals surface area contributed by atoms with Crippen molar-refractivity contribution in [2.75, 3.05) is 6.54 Å². The lowest BCUT2D eigenvalue weighted by atomic mass is 9.87. The van der Waals surface area contributed by atoms with Gasteiger partial charge < -0.3 is 14.6 Å². The van der Waals surface area contributed by atoms with Crippen molar-refractivity contribution < 1.29 is 14.3 Å². The fourth-order valence-corrected chi connectivity index (χ4v) is 6.07. The Labute approximate surface area is 246 Å². The van der Waals surface area contributed by atoms with Crippen molar-refractivity contribution in [1.82, 2.24) is 14.9 Å². The minimum absolute atomic E-state index is 0.0512. The molecule has 3 aromatic carbocycles. The van der Waals surface area contributed by atoms with Crippen LogP contribution >= 0.6 is 11.8 Å². The van der Waals surface area contributed by atoms with E-state index in [1.54, 1.807) is 24.3 Å². The van der Waals surface area contributed by atoms with Crippen LogP contribution in [0.25, 0.3) is 0 Å². The number of imidazole rings is 1. The predicted molar refractivity (Wildman–Crippen MR) is 164 cm³/mol. The van der Waals surface area contributed by atoms with Gasteiger partial charge in [-0.3, -0.25) is 9.59 Å². The topological polar surface area (TPSA) is 73.2 Å². The normalized spacial score (nSPS) is 14.2. The Bertz CT molecular complexity index is 1470. The summed E-state index contributed by atoms with van der Waals surface area (Å²) in [5.74, 6) is 2.01. The van der Waals surface area contributed by atoms with E-state index in [2.05, 4.69) is 36.3 Å². The number of hydrogen-bond donors (Lipinski definition) is 1. The number of rotatable bonds is 12. The molecule has 6 nitrogen and oxygen atoms in total. The van der Waals surface area contributed by atoms with Crippen LogP contribution in [-0.4, -0.2) is 27.8 Å². The molecule has 2 atom stereocenters. The zero-order valence-electron chi connectivity index (χ0n) is 23.7. The van der Waals surface area contributed by atoms with Crippen molar-refractivity contribution in [3.63, 3.8) is 0 Å². The first-order chi connectivity index (χ1) is 20.0. The zero-order chi connectivity index (χ0) is 28.6. The van der Waals surface area contributed by atoms with Gasteiger partial charge in [0, 0.05) is 52.7 Å². The summed E-state index contributed by atoms with van der Waals surface area (Å²) in [4.78, 5) is 30.8. The number of aromatic nitrogens is 2. The van der Waals surface area contributed by atoms with Gasteiger partial charge in [-0.25, -0.2) is 4.98 Å². The number of benzene rings is 3. The molecule has 41 heavy (non-hydrogen) atoms. The molecule has 0 bridgehead atoms. The first kappa shape index (κ1) is 28.7. The number of Topliss-reactive ketones (excluding diaryl/α,β-unsaturated/α-hetero) is 1. The Hall–Kier alpha value is -3.84. The van der Waals surface area contributed by atoms with Crippen molar-refractivity contribution in [2.45, 2.75) is 62.8 Å². The molecule has 1 amide bonds. The number of carbonyl (C=O) groups excluding carboxylic acids is 2. The second-order valence-corrected chi connectivity index (χ2v) is 11.7. The van der Waals surface area contributed by atoms with E-state index in [4.69, 9.17) is 4.74 Å². The van der Waals surface area contributed by atoms with Crippen LogP contribution in [0.2, 0.25) is 0 Å². The number of ether oxygens (including phenoxy) is 1. The molecule has 0 fully saturated rings. The van der Waals surface area contributed by atoms with Gasteiger partial charge in [0.05, 0.1) is 12.9 Å². The van der Waals surface area contributed by atoms with E-state index in [0.717, 1.165) is 52.2 Å². The van der Waals surface area contributed by atoms with Gasteiger partial charge in [-0.05, 0) is 60.2 Å². The van der Waals surface area contributed by atoms with Crippen LogP contribution in [0.4, 0.5) is 0 Å². The summed E-state index contributed by atoms with van der Waals surface area (Å²) in [5.41, 5.74) is 4.68. The lowest BCUT2D eigenvalue weighted by molar-refractivity contribution is 0.0945. The summed E-state index contributed by atoms with van der Waals surface area (Å²) >= 11 is 1.66. The van der Waals surface area contributed by atoms with Crippen LogP contribution in [0, 0.1) is 5.92 Å². The number of fused-ring (bicyclic) bond motifs is 1. The molecule has 0 spiro atoms. The van der Waals surface area contributed by atoms with Crippen molar-refractivity contribution in [3.05, 3.63) is 113 Å². The van der Waals surface area contributed by atoms with E-state index >= 15 is 0 Å². The lowest BCUT2D eigenvalue weighted by Gasteiger charge is -2.25. The molecule has 7 heteroatoms. The van der Waals surface area contributed by atoms with Crippen LogP contribution < -0.4 is 10.1 Å². The van der Waals surface area contributed by atoms with Gasteiger partial charge in [0.15, 0.2) is 5.78 Å². The summed E-state index contributed by atoms with van der Waals surface area (Å²) < 4.78 is 8.80.